The molecule has 6 nitrogen and oxygen atoms in total. The second-order valence-electron chi connectivity index (χ2n) is 19.4. The van der Waals surface area contributed by atoms with Gasteiger partial charge in [-0.2, -0.15) is 0 Å². The number of hydrogen-bond donors (Lipinski definition) is 3. The van der Waals surface area contributed by atoms with E-state index in [9.17, 15) is 14.7 Å². The Morgan fingerprint density at radius 1 is 0.417 bits per heavy atom. The maximum atomic E-state index is 11.1. The molecule has 0 saturated heterocycles. The van der Waals surface area contributed by atoms with Crippen LogP contribution in [0.2, 0.25) is 0 Å². The first kappa shape index (κ1) is 56.9. The Morgan fingerprint density at radius 3 is 1.15 bits per heavy atom. The number of hydrogen-bond acceptors (Lipinski definition) is 6. The Labute approximate surface area is 373 Å². The van der Waals surface area contributed by atoms with Gasteiger partial charge in [0.25, 0.3) is 0 Å². The van der Waals surface area contributed by atoms with Crippen LogP contribution in [0.1, 0.15) is 221 Å². The van der Waals surface area contributed by atoms with Crippen molar-refractivity contribution in [2.45, 2.75) is 215 Å². The normalized spacial score (nSPS) is 13.2. The summed E-state index contributed by atoms with van der Waals surface area (Å²) in [4.78, 5) is 33.3. The van der Waals surface area contributed by atoms with Crippen LogP contribution in [-0.2, 0) is 9.05 Å². The quantitative estimate of drug-likeness (QED) is 0.0463. The van der Waals surface area contributed by atoms with Gasteiger partial charge in [0.05, 0.1) is 13.2 Å². The fraction of sp³-hybridized carbons (Fsp3) is 0.769. The second kappa shape index (κ2) is 35.3. The molecule has 0 saturated carbocycles. The van der Waals surface area contributed by atoms with Gasteiger partial charge < -0.3 is 13.6 Å². The van der Waals surface area contributed by atoms with Crippen LogP contribution >= 0.6 is 15.9 Å². The van der Waals surface area contributed by atoms with Crippen LogP contribution in [0, 0.1) is 23.7 Å². The third-order valence-electron chi connectivity index (χ3n) is 11.4. The van der Waals surface area contributed by atoms with Crippen molar-refractivity contribution in [2.75, 3.05) is 19.4 Å². The molecule has 2 rings (SSSR count). The van der Waals surface area contributed by atoms with Crippen LogP contribution in [0.25, 0.3) is 0 Å². The minimum atomic E-state index is -4.73. The molecular formula is C52H96O6P2. The molecule has 60 heavy (non-hydrogen) atoms. The van der Waals surface area contributed by atoms with Gasteiger partial charge in [-0.1, -0.05) is 110 Å². The molecule has 1 unspecified atom stereocenters. The van der Waals surface area contributed by atoms with Crippen molar-refractivity contribution in [3.05, 3.63) is 66.2 Å². The van der Waals surface area contributed by atoms with E-state index in [1.165, 1.54) is 103 Å². The number of benzene rings is 2. The predicted molar refractivity (Wildman–Crippen MR) is 264 cm³/mol. The molecule has 0 radical (unpaired) electrons. The molecule has 0 amide bonds. The molecule has 3 N–H and O–H groups in total. The molecule has 0 bridgehead atoms. The molecule has 0 aliphatic rings. The van der Waals surface area contributed by atoms with Crippen LogP contribution in [0.5, 0.6) is 5.75 Å². The summed E-state index contributed by atoms with van der Waals surface area (Å²) in [5, 5.41) is 0. The van der Waals surface area contributed by atoms with Crippen LogP contribution in [0.15, 0.2) is 60.7 Å². The zero-order valence-corrected chi connectivity index (χ0v) is 42.0. The third-order valence-corrected chi connectivity index (χ3v) is 15.5. The SMILES string of the molecule is CC(C)CCCCCCCOP(OCCCCCCCC(C)C)Oc1ccccc1.CC(C)CCCCCCCP(O)(O)(O)C(CCCCCCC(C)C)c1ccccc1. The van der Waals surface area contributed by atoms with E-state index in [1.807, 2.05) is 60.7 Å². The van der Waals surface area contributed by atoms with E-state index in [-0.39, 0.29) is 6.16 Å². The van der Waals surface area contributed by atoms with Crippen molar-refractivity contribution in [3.63, 3.8) is 0 Å². The molecule has 0 spiro atoms. The molecule has 0 heterocycles. The predicted octanol–water partition coefficient (Wildman–Crippen LogP) is 17.3. The zero-order valence-electron chi connectivity index (χ0n) is 40.2. The Hall–Kier alpha value is -1.10. The standard InChI is InChI=1S/C26H47O3P.C26H49O3P/c1-24(2)18-12-7-5-9-16-22-27-30(29-26-20-14-11-15-21-26)28-23-17-10-6-8-13-19-25(3)4;1-23(2)17-11-6-5-9-16-22-30(27,28,29)26(25-19-13-10-14-20-25)21-15-8-7-12-18-24(3)4/h11,14-15,20-21,24-25H,5-10,12-13,16-19,22-23H2,1-4H3;10,13-14,19-20,23-24,26-29H,5-9,11-12,15-18,21-22H2,1-4H3. The second-order valence-corrected chi connectivity index (χ2v) is 24.1. The van der Waals surface area contributed by atoms with E-state index < -0.39 is 21.5 Å². The summed E-state index contributed by atoms with van der Waals surface area (Å²) < 4.78 is 17.9. The van der Waals surface area contributed by atoms with E-state index in [0.29, 0.717) is 12.8 Å². The molecule has 2 aromatic rings. The Kier molecular flexibility index (Phi) is 33.5. The van der Waals surface area contributed by atoms with Crippen LogP contribution < -0.4 is 4.52 Å². The van der Waals surface area contributed by atoms with E-state index in [4.69, 9.17) is 13.6 Å². The average molecular weight is 879 g/mol. The maximum absolute atomic E-state index is 11.1. The monoisotopic (exact) mass is 879 g/mol. The fourth-order valence-electron chi connectivity index (χ4n) is 7.62. The third kappa shape index (κ3) is 32.6. The summed E-state index contributed by atoms with van der Waals surface area (Å²) >= 11 is 0. The summed E-state index contributed by atoms with van der Waals surface area (Å²) in [6, 6.07) is 19.5. The molecule has 8 heteroatoms. The Morgan fingerprint density at radius 2 is 0.750 bits per heavy atom. The zero-order chi connectivity index (χ0) is 44.4. The summed E-state index contributed by atoms with van der Waals surface area (Å²) in [7, 11) is -6.04. The van der Waals surface area contributed by atoms with Gasteiger partial charge in [-0.15, -0.1) is 0 Å². The number of para-hydroxylation sites is 1. The van der Waals surface area contributed by atoms with E-state index in [0.717, 1.165) is 86.7 Å². The van der Waals surface area contributed by atoms with Crippen molar-refractivity contribution < 1.29 is 28.3 Å². The van der Waals surface area contributed by atoms with E-state index in [1.54, 1.807) is 0 Å². The Bertz CT molecular complexity index is 1190. The summed E-state index contributed by atoms with van der Waals surface area (Å²) in [5.74, 6) is 3.96. The van der Waals surface area contributed by atoms with Gasteiger partial charge in [0.15, 0.2) is 0 Å². The van der Waals surface area contributed by atoms with Crippen LogP contribution in [-0.4, -0.2) is 34.1 Å². The Balaban J connectivity index is 0.000000600. The molecule has 350 valence electrons. The van der Waals surface area contributed by atoms with E-state index in [2.05, 4.69) is 55.4 Å². The van der Waals surface area contributed by atoms with Crippen molar-refractivity contribution in [1.29, 1.82) is 0 Å². The molecule has 1 atom stereocenters. The van der Waals surface area contributed by atoms with Gasteiger partial charge in [0.2, 0.25) is 0 Å². The van der Waals surface area contributed by atoms with Gasteiger partial charge in [0.1, 0.15) is 5.75 Å². The molecular weight excluding hydrogens is 783 g/mol. The molecule has 2 aromatic carbocycles. The van der Waals surface area contributed by atoms with Gasteiger partial charge in [0, 0.05) is 0 Å². The molecule has 0 aromatic heterocycles. The molecule has 0 aliphatic carbocycles. The summed E-state index contributed by atoms with van der Waals surface area (Å²) in [6.45, 7) is 19.7. The molecule has 0 fully saturated rings. The van der Waals surface area contributed by atoms with Gasteiger partial charge >= 0.3 is 195 Å². The van der Waals surface area contributed by atoms with Crippen LogP contribution in [0.4, 0.5) is 0 Å². The average Bonchev–Trinajstić information content (AvgIpc) is 3.19. The van der Waals surface area contributed by atoms with Crippen molar-refractivity contribution in [2.24, 2.45) is 23.7 Å². The first-order valence-corrected chi connectivity index (χ1v) is 28.2. The molecule has 0 aliphatic heterocycles. The number of rotatable bonds is 37. The minimum absolute atomic E-state index is 0.128. The van der Waals surface area contributed by atoms with Crippen LogP contribution in [0.3, 0.4) is 0 Å². The topological polar surface area (TPSA) is 88.4 Å². The van der Waals surface area contributed by atoms with Crippen molar-refractivity contribution >= 4 is 15.9 Å². The van der Waals surface area contributed by atoms with Gasteiger partial charge in [-0.05, 0) is 36.8 Å². The van der Waals surface area contributed by atoms with Gasteiger partial charge in [-0.3, -0.25) is 0 Å². The van der Waals surface area contributed by atoms with Crippen molar-refractivity contribution in [3.8, 4) is 5.75 Å². The summed E-state index contributed by atoms with van der Waals surface area (Å²) in [6.07, 6.45) is 28.1. The van der Waals surface area contributed by atoms with Gasteiger partial charge in [-0.25, -0.2) is 0 Å². The van der Waals surface area contributed by atoms with E-state index >= 15 is 0 Å². The first-order chi connectivity index (χ1) is 28.7. The number of unbranched alkanes of at least 4 members (excludes halogenated alkanes) is 15. The fourth-order valence-corrected chi connectivity index (χ4v) is 11.3. The first-order valence-electron chi connectivity index (χ1n) is 24.8. The van der Waals surface area contributed by atoms with Crippen molar-refractivity contribution in [1.82, 2.24) is 0 Å². The summed E-state index contributed by atoms with van der Waals surface area (Å²) in [5.41, 5.74) is 0.310.